The number of nitrogens with zero attached hydrogens (tertiary/aromatic N) is 1. The summed E-state index contributed by atoms with van der Waals surface area (Å²) in [7, 11) is 0. The molecule has 15 heavy (non-hydrogen) atoms. The molecule has 0 spiro atoms. The zero-order chi connectivity index (χ0) is 11.6. The van der Waals surface area contributed by atoms with Gasteiger partial charge in [-0.1, -0.05) is 23.4 Å². The van der Waals surface area contributed by atoms with E-state index in [-0.39, 0.29) is 20.3 Å². The maximum atomic E-state index is 12.4. The van der Waals surface area contributed by atoms with Crippen molar-refractivity contribution < 1.29 is 13.2 Å². The van der Waals surface area contributed by atoms with Crippen LogP contribution in [0.5, 0.6) is 0 Å². The fourth-order valence-electron chi connectivity index (χ4n) is 0.786. The lowest BCUT2D eigenvalue weighted by Gasteiger charge is -2.04. The van der Waals surface area contributed by atoms with Crippen molar-refractivity contribution in [1.29, 1.82) is 5.41 Å². The number of nitrogens with two attached hydrogens (primary N) is 1. The highest BCUT2D eigenvalue weighted by Gasteiger charge is 2.37. The summed E-state index contributed by atoms with van der Waals surface area (Å²) in [4.78, 5) is 3.17. The quantitative estimate of drug-likeness (QED) is 0.644. The third-order valence-electron chi connectivity index (χ3n) is 1.30. The molecule has 3 N–H and O–H groups in total. The Bertz CT molecular complexity index is 376. The summed E-state index contributed by atoms with van der Waals surface area (Å²) in [6, 6.07) is 0. The van der Waals surface area contributed by atoms with Gasteiger partial charge in [0.2, 0.25) is 0 Å². The van der Waals surface area contributed by atoms with E-state index in [1.54, 1.807) is 0 Å². The summed E-state index contributed by atoms with van der Waals surface area (Å²) in [5.74, 6) is -0.0471. The summed E-state index contributed by atoms with van der Waals surface area (Å²) in [6.45, 7) is 0. The molecule has 0 atom stereocenters. The van der Waals surface area contributed by atoms with Crippen molar-refractivity contribution in [3.05, 3.63) is 15.0 Å². The van der Waals surface area contributed by atoms with Gasteiger partial charge >= 0.3 is 6.18 Å². The molecule has 0 unspecified atom stereocenters. The number of nitrogens with one attached hydrogen (secondary N) is 1. The maximum absolute atomic E-state index is 12.4. The van der Waals surface area contributed by atoms with Crippen LogP contribution < -0.4 is 5.73 Å². The van der Waals surface area contributed by atoms with Gasteiger partial charge in [0.15, 0.2) is 15.3 Å². The standard InChI is InChI=1S/C6H5ClF3N3S2/c7-4-13-3(6(8,9)10)2(15-4)1-14-5(11)12/h1H2,(H3,11,12). The Kier molecular flexibility index (Phi) is 3.85. The third-order valence-corrected chi connectivity index (χ3v) is 3.39. The number of aromatic nitrogens is 1. The van der Waals surface area contributed by atoms with Gasteiger partial charge in [0.25, 0.3) is 0 Å². The maximum Gasteiger partial charge on any atom is 0.434 e. The topological polar surface area (TPSA) is 62.8 Å². The highest BCUT2D eigenvalue weighted by Crippen LogP contribution is 2.37. The van der Waals surface area contributed by atoms with Crippen LogP contribution in [0, 0.1) is 5.41 Å². The predicted molar refractivity (Wildman–Crippen MR) is 55.3 cm³/mol. The molecule has 0 radical (unpaired) electrons. The number of amidine groups is 1. The molecular weight excluding hydrogens is 271 g/mol. The first-order chi connectivity index (χ1) is 6.80. The lowest BCUT2D eigenvalue weighted by molar-refractivity contribution is -0.141. The van der Waals surface area contributed by atoms with E-state index in [2.05, 4.69) is 4.98 Å². The van der Waals surface area contributed by atoms with Gasteiger partial charge in [-0.2, -0.15) is 13.2 Å². The van der Waals surface area contributed by atoms with Crippen molar-refractivity contribution in [2.24, 2.45) is 5.73 Å². The van der Waals surface area contributed by atoms with Gasteiger partial charge in [-0.3, -0.25) is 5.41 Å². The van der Waals surface area contributed by atoms with Crippen molar-refractivity contribution in [2.45, 2.75) is 11.9 Å². The molecule has 0 aromatic carbocycles. The predicted octanol–water partition coefficient (Wildman–Crippen LogP) is 2.94. The summed E-state index contributed by atoms with van der Waals surface area (Å²) in [5, 5.41) is 6.64. The largest absolute Gasteiger partial charge is 0.434 e. The van der Waals surface area contributed by atoms with E-state index < -0.39 is 11.9 Å². The lowest BCUT2D eigenvalue weighted by atomic mass is 10.4. The summed E-state index contributed by atoms with van der Waals surface area (Å²) >= 11 is 6.95. The molecule has 1 rings (SSSR count). The van der Waals surface area contributed by atoms with Gasteiger partial charge in [-0.15, -0.1) is 11.3 Å². The highest BCUT2D eigenvalue weighted by atomic mass is 35.5. The Morgan fingerprint density at radius 3 is 2.67 bits per heavy atom. The third kappa shape index (κ3) is 3.54. The Morgan fingerprint density at radius 2 is 2.20 bits per heavy atom. The van der Waals surface area contributed by atoms with Crippen LogP contribution in [0.4, 0.5) is 13.2 Å². The van der Waals surface area contributed by atoms with Gasteiger partial charge in [0.05, 0.1) is 0 Å². The number of rotatable bonds is 2. The molecule has 0 saturated heterocycles. The van der Waals surface area contributed by atoms with Crippen LogP contribution in [0.1, 0.15) is 10.6 Å². The molecule has 9 heteroatoms. The number of halogens is 4. The molecule has 1 aromatic heterocycles. The zero-order valence-electron chi connectivity index (χ0n) is 7.06. The van der Waals surface area contributed by atoms with Crippen LogP contribution in [0.3, 0.4) is 0 Å². The van der Waals surface area contributed by atoms with Gasteiger partial charge in [0, 0.05) is 10.6 Å². The van der Waals surface area contributed by atoms with E-state index >= 15 is 0 Å². The molecular formula is C6H5ClF3N3S2. The number of alkyl halides is 3. The minimum absolute atomic E-state index is 0.0206. The second-order valence-corrected chi connectivity index (χ2v) is 5.07. The average Bonchev–Trinajstić information content (AvgIpc) is 2.42. The Hall–Kier alpha value is -0.470. The lowest BCUT2D eigenvalue weighted by Crippen LogP contribution is -2.09. The molecule has 0 bridgehead atoms. The molecule has 1 heterocycles. The fourth-order valence-corrected chi connectivity index (χ4v) is 2.58. The zero-order valence-corrected chi connectivity index (χ0v) is 9.45. The first-order valence-electron chi connectivity index (χ1n) is 3.50. The van der Waals surface area contributed by atoms with Crippen LogP contribution in [0.15, 0.2) is 0 Å². The number of hydrogen-bond donors (Lipinski definition) is 2. The summed E-state index contributed by atoms with van der Waals surface area (Å²) < 4.78 is 37.0. The molecule has 0 fully saturated rings. The van der Waals surface area contributed by atoms with E-state index in [4.69, 9.17) is 22.7 Å². The average molecular weight is 276 g/mol. The monoisotopic (exact) mass is 275 g/mol. The Labute approximate surface area is 96.3 Å². The van der Waals surface area contributed by atoms with E-state index in [9.17, 15) is 13.2 Å². The van der Waals surface area contributed by atoms with Gasteiger partial charge in [-0.05, 0) is 0 Å². The minimum Gasteiger partial charge on any atom is -0.379 e. The van der Waals surface area contributed by atoms with E-state index in [1.165, 1.54) is 0 Å². The number of thiazole rings is 1. The van der Waals surface area contributed by atoms with E-state index in [0.29, 0.717) is 0 Å². The molecule has 1 aromatic rings. The van der Waals surface area contributed by atoms with Crippen molar-refractivity contribution in [2.75, 3.05) is 0 Å². The Morgan fingerprint density at radius 1 is 1.60 bits per heavy atom. The fraction of sp³-hybridized carbons (Fsp3) is 0.333. The highest BCUT2D eigenvalue weighted by molar-refractivity contribution is 8.13. The van der Waals surface area contributed by atoms with Crippen molar-refractivity contribution in [3.63, 3.8) is 0 Å². The van der Waals surface area contributed by atoms with Crippen LogP contribution >= 0.6 is 34.7 Å². The van der Waals surface area contributed by atoms with Crippen molar-refractivity contribution in [1.82, 2.24) is 4.98 Å². The SMILES string of the molecule is N=C(N)SCc1sc(Cl)nc1C(F)(F)F. The van der Waals surface area contributed by atoms with Crippen LogP contribution in [0.2, 0.25) is 4.47 Å². The van der Waals surface area contributed by atoms with Crippen molar-refractivity contribution in [3.8, 4) is 0 Å². The molecule has 0 saturated carbocycles. The molecule has 84 valence electrons. The second kappa shape index (κ2) is 4.58. The van der Waals surface area contributed by atoms with E-state index in [0.717, 1.165) is 23.1 Å². The first-order valence-corrected chi connectivity index (χ1v) is 5.68. The molecule has 0 aliphatic rings. The van der Waals surface area contributed by atoms with Crippen LogP contribution in [0.25, 0.3) is 0 Å². The number of hydrogen-bond acceptors (Lipinski definition) is 4. The van der Waals surface area contributed by atoms with Crippen LogP contribution in [-0.2, 0) is 11.9 Å². The van der Waals surface area contributed by atoms with Crippen LogP contribution in [-0.4, -0.2) is 10.2 Å². The van der Waals surface area contributed by atoms with Gasteiger partial charge in [0.1, 0.15) is 0 Å². The van der Waals surface area contributed by atoms with Crippen molar-refractivity contribution >= 4 is 39.9 Å². The van der Waals surface area contributed by atoms with Gasteiger partial charge < -0.3 is 5.73 Å². The molecule has 0 amide bonds. The minimum atomic E-state index is -4.52. The Balaban J connectivity index is 2.91. The molecule has 0 aliphatic heterocycles. The normalized spacial score (nSPS) is 11.7. The molecule has 0 aliphatic carbocycles. The smallest absolute Gasteiger partial charge is 0.379 e. The number of thioether (sulfide) groups is 1. The summed E-state index contributed by atoms with van der Waals surface area (Å²) in [5.41, 5.74) is 4.03. The first kappa shape index (κ1) is 12.6. The second-order valence-electron chi connectivity index (χ2n) is 2.39. The van der Waals surface area contributed by atoms with E-state index in [1.807, 2.05) is 0 Å². The molecule has 3 nitrogen and oxygen atoms in total. The van der Waals surface area contributed by atoms with Gasteiger partial charge in [-0.25, -0.2) is 4.98 Å². The summed E-state index contributed by atoms with van der Waals surface area (Å²) in [6.07, 6.45) is -4.52.